The standard InChI is InChI=1S/C15H22O4/c1-10-4-7-14(13(17)19-3)8-6-12(11(2)16)15(14,18)9-5-10/h4,12,18H,5-9H2,1-3H3/t12-,14+,15-/m0/s1. The van der Waals surface area contributed by atoms with Crippen molar-refractivity contribution < 1.29 is 19.4 Å². The summed E-state index contributed by atoms with van der Waals surface area (Å²) in [5.41, 5.74) is -1.05. The minimum Gasteiger partial charge on any atom is -0.468 e. The normalized spacial score (nSPS) is 38.1. The highest BCUT2D eigenvalue weighted by molar-refractivity contribution is 5.86. The van der Waals surface area contributed by atoms with Crippen LogP contribution in [0.5, 0.6) is 0 Å². The predicted molar refractivity (Wildman–Crippen MR) is 70.4 cm³/mol. The number of fused-ring (bicyclic) bond motifs is 1. The second-order valence-electron chi connectivity index (χ2n) is 5.95. The molecule has 0 radical (unpaired) electrons. The second-order valence-corrected chi connectivity index (χ2v) is 5.95. The third-order valence-electron chi connectivity index (χ3n) is 5.03. The topological polar surface area (TPSA) is 63.6 Å². The van der Waals surface area contributed by atoms with Gasteiger partial charge in [0.2, 0.25) is 0 Å². The minimum absolute atomic E-state index is 0.0344. The average molecular weight is 266 g/mol. The molecule has 0 aliphatic heterocycles. The van der Waals surface area contributed by atoms with Gasteiger partial charge in [-0.05, 0) is 46.0 Å². The van der Waals surface area contributed by atoms with Crippen molar-refractivity contribution in [3.63, 3.8) is 0 Å². The van der Waals surface area contributed by atoms with Crippen LogP contribution in [0.25, 0.3) is 0 Å². The van der Waals surface area contributed by atoms with E-state index in [9.17, 15) is 14.7 Å². The van der Waals surface area contributed by atoms with Crippen LogP contribution in [0.3, 0.4) is 0 Å². The summed E-state index contributed by atoms with van der Waals surface area (Å²) < 4.78 is 4.94. The van der Waals surface area contributed by atoms with Gasteiger partial charge in [-0.25, -0.2) is 0 Å². The Morgan fingerprint density at radius 3 is 2.68 bits per heavy atom. The maximum Gasteiger partial charge on any atom is 0.315 e. The molecule has 0 bridgehead atoms. The molecule has 1 saturated carbocycles. The summed E-state index contributed by atoms with van der Waals surface area (Å²) in [5, 5.41) is 11.1. The average Bonchev–Trinajstić information content (AvgIpc) is 2.61. The SMILES string of the molecule is COC(=O)[C@]12CC=C(C)CC[C@]1(O)[C@H](C(C)=O)CC2. The lowest BCUT2D eigenvalue weighted by Crippen LogP contribution is -2.54. The van der Waals surface area contributed by atoms with Gasteiger partial charge in [-0.15, -0.1) is 0 Å². The number of carbonyl (C=O) groups excluding carboxylic acids is 2. The minimum atomic E-state index is -1.26. The molecule has 2 aliphatic carbocycles. The van der Waals surface area contributed by atoms with E-state index in [0.29, 0.717) is 25.7 Å². The Morgan fingerprint density at radius 2 is 2.11 bits per heavy atom. The summed E-state index contributed by atoms with van der Waals surface area (Å²) >= 11 is 0. The Morgan fingerprint density at radius 1 is 1.42 bits per heavy atom. The molecule has 3 atom stereocenters. The number of allylic oxidation sites excluding steroid dienone is 2. The molecule has 0 aromatic carbocycles. The molecule has 0 aromatic heterocycles. The lowest BCUT2D eigenvalue weighted by Gasteiger charge is -2.41. The fourth-order valence-corrected chi connectivity index (χ4v) is 3.81. The monoisotopic (exact) mass is 266 g/mol. The van der Waals surface area contributed by atoms with E-state index in [1.54, 1.807) is 0 Å². The van der Waals surface area contributed by atoms with Crippen molar-refractivity contribution in [1.82, 2.24) is 0 Å². The second kappa shape index (κ2) is 4.75. The Hall–Kier alpha value is -1.16. The molecule has 1 N–H and O–H groups in total. The quantitative estimate of drug-likeness (QED) is 0.613. The zero-order chi connectivity index (χ0) is 14.3. The van der Waals surface area contributed by atoms with Gasteiger partial charge in [-0.3, -0.25) is 9.59 Å². The van der Waals surface area contributed by atoms with E-state index in [0.717, 1.165) is 12.0 Å². The summed E-state index contributed by atoms with van der Waals surface area (Å²) in [7, 11) is 1.35. The summed E-state index contributed by atoms with van der Waals surface area (Å²) in [6.45, 7) is 3.50. The fraction of sp³-hybridized carbons (Fsp3) is 0.733. The Bertz CT molecular complexity index is 439. The summed E-state index contributed by atoms with van der Waals surface area (Å²) in [4.78, 5) is 24.1. The Labute approximate surface area is 113 Å². The van der Waals surface area contributed by atoms with Gasteiger partial charge in [-0.2, -0.15) is 0 Å². The van der Waals surface area contributed by atoms with E-state index in [2.05, 4.69) is 0 Å². The van der Waals surface area contributed by atoms with Crippen LogP contribution in [0.2, 0.25) is 0 Å². The smallest absolute Gasteiger partial charge is 0.315 e. The zero-order valence-electron chi connectivity index (χ0n) is 11.9. The first-order chi connectivity index (χ1) is 8.87. The molecule has 4 nitrogen and oxygen atoms in total. The highest BCUT2D eigenvalue weighted by Gasteiger charge is 2.64. The lowest BCUT2D eigenvalue weighted by atomic mass is 9.67. The number of hydrogen-bond donors (Lipinski definition) is 1. The van der Waals surface area contributed by atoms with E-state index in [-0.39, 0.29) is 11.8 Å². The Kier molecular flexibility index (Phi) is 3.56. The van der Waals surface area contributed by atoms with Crippen LogP contribution in [0.4, 0.5) is 0 Å². The van der Waals surface area contributed by atoms with Crippen molar-refractivity contribution in [2.24, 2.45) is 11.3 Å². The number of esters is 1. The number of methoxy groups -OCH3 is 1. The molecule has 2 aliphatic rings. The predicted octanol–water partition coefficient (Wildman–Crippen LogP) is 2.01. The number of carbonyl (C=O) groups is 2. The molecule has 0 saturated heterocycles. The maximum atomic E-state index is 12.3. The van der Waals surface area contributed by atoms with Crippen LogP contribution in [0.1, 0.15) is 46.0 Å². The third-order valence-corrected chi connectivity index (χ3v) is 5.03. The third kappa shape index (κ3) is 1.93. The van der Waals surface area contributed by atoms with Crippen molar-refractivity contribution in [2.45, 2.75) is 51.6 Å². The van der Waals surface area contributed by atoms with Crippen LogP contribution >= 0.6 is 0 Å². The first kappa shape index (κ1) is 14.3. The van der Waals surface area contributed by atoms with E-state index in [1.807, 2.05) is 13.0 Å². The van der Waals surface area contributed by atoms with Gasteiger partial charge in [0.15, 0.2) is 0 Å². The highest BCUT2D eigenvalue weighted by atomic mass is 16.5. The van der Waals surface area contributed by atoms with Crippen molar-refractivity contribution >= 4 is 11.8 Å². The van der Waals surface area contributed by atoms with Crippen molar-refractivity contribution in [1.29, 1.82) is 0 Å². The van der Waals surface area contributed by atoms with Crippen LogP contribution in [-0.4, -0.2) is 29.6 Å². The van der Waals surface area contributed by atoms with Crippen molar-refractivity contribution in [2.75, 3.05) is 7.11 Å². The van der Waals surface area contributed by atoms with E-state index in [1.165, 1.54) is 14.0 Å². The summed E-state index contributed by atoms with van der Waals surface area (Å²) in [5.74, 6) is -0.872. The number of aliphatic hydroxyl groups is 1. The van der Waals surface area contributed by atoms with Crippen LogP contribution < -0.4 is 0 Å². The van der Waals surface area contributed by atoms with Gasteiger partial charge >= 0.3 is 5.97 Å². The zero-order valence-corrected chi connectivity index (χ0v) is 11.9. The number of ether oxygens (including phenoxy) is 1. The van der Waals surface area contributed by atoms with Crippen LogP contribution in [0.15, 0.2) is 11.6 Å². The summed E-state index contributed by atoms with van der Waals surface area (Å²) in [6, 6.07) is 0. The number of Topliss-reactive ketones (excluding diaryl/α,β-unsaturated/α-hetero) is 1. The fourth-order valence-electron chi connectivity index (χ4n) is 3.81. The summed E-state index contributed by atoms with van der Waals surface area (Å²) in [6.07, 6.45) is 4.73. The molecule has 1 fully saturated rings. The van der Waals surface area contributed by atoms with Gasteiger partial charge in [0.05, 0.1) is 12.7 Å². The number of hydrogen-bond acceptors (Lipinski definition) is 4. The molecule has 0 spiro atoms. The molecule has 19 heavy (non-hydrogen) atoms. The highest BCUT2D eigenvalue weighted by Crippen LogP contribution is 2.57. The van der Waals surface area contributed by atoms with Gasteiger partial charge in [-0.1, -0.05) is 11.6 Å². The maximum absolute atomic E-state index is 12.3. The van der Waals surface area contributed by atoms with Crippen molar-refractivity contribution in [3.05, 3.63) is 11.6 Å². The molecular weight excluding hydrogens is 244 g/mol. The van der Waals surface area contributed by atoms with Gasteiger partial charge in [0.1, 0.15) is 11.2 Å². The van der Waals surface area contributed by atoms with Crippen LogP contribution in [0, 0.1) is 11.3 Å². The van der Waals surface area contributed by atoms with Crippen LogP contribution in [-0.2, 0) is 14.3 Å². The molecule has 0 aromatic rings. The molecule has 0 amide bonds. The molecule has 4 heteroatoms. The largest absolute Gasteiger partial charge is 0.468 e. The Balaban J connectivity index is 2.50. The van der Waals surface area contributed by atoms with Gasteiger partial charge in [0, 0.05) is 5.92 Å². The molecule has 0 unspecified atom stereocenters. The van der Waals surface area contributed by atoms with E-state index >= 15 is 0 Å². The lowest BCUT2D eigenvalue weighted by molar-refractivity contribution is -0.174. The van der Waals surface area contributed by atoms with Gasteiger partial charge in [0.25, 0.3) is 0 Å². The van der Waals surface area contributed by atoms with Gasteiger partial charge < -0.3 is 9.84 Å². The molecular formula is C15H22O4. The number of rotatable bonds is 2. The first-order valence-corrected chi connectivity index (χ1v) is 6.84. The number of ketones is 1. The first-order valence-electron chi connectivity index (χ1n) is 6.84. The molecule has 2 rings (SSSR count). The van der Waals surface area contributed by atoms with E-state index < -0.39 is 16.9 Å². The van der Waals surface area contributed by atoms with E-state index in [4.69, 9.17) is 4.74 Å². The molecule has 0 heterocycles. The molecule has 106 valence electrons. The van der Waals surface area contributed by atoms with Crippen molar-refractivity contribution in [3.8, 4) is 0 Å².